The topological polar surface area (TPSA) is 63.5 Å². The van der Waals surface area contributed by atoms with E-state index < -0.39 is 0 Å². The lowest BCUT2D eigenvalue weighted by Gasteiger charge is -2.04. The number of rotatable bonds is 7. The van der Waals surface area contributed by atoms with Crippen molar-refractivity contribution in [3.8, 4) is 22.7 Å². The first kappa shape index (κ1) is 19.3. The molecule has 0 saturated carbocycles. The maximum Gasteiger partial charge on any atom is 0.187 e. The van der Waals surface area contributed by atoms with E-state index >= 15 is 0 Å². The molecular formula is C21H21N5OS. The fraction of sp³-hybridized carbons (Fsp3) is 0.0952. The molecule has 0 atom stereocenters. The molecule has 0 aliphatic carbocycles. The van der Waals surface area contributed by atoms with Crippen molar-refractivity contribution in [3.63, 3.8) is 0 Å². The van der Waals surface area contributed by atoms with Crippen molar-refractivity contribution < 1.29 is 4.74 Å². The molecule has 0 aliphatic heterocycles. The molecule has 1 heterocycles. The van der Waals surface area contributed by atoms with Crippen molar-refractivity contribution in [2.24, 2.45) is 5.10 Å². The molecule has 6 nitrogen and oxygen atoms in total. The van der Waals surface area contributed by atoms with Crippen LogP contribution in [0.1, 0.15) is 5.56 Å². The van der Waals surface area contributed by atoms with Gasteiger partial charge in [0, 0.05) is 23.9 Å². The third kappa shape index (κ3) is 4.83. The number of methoxy groups -OCH3 is 1. The Morgan fingerprint density at radius 1 is 1.21 bits per heavy atom. The minimum atomic E-state index is 0.428. The summed E-state index contributed by atoms with van der Waals surface area (Å²) >= 11 is 5.15. The van der Waals surface area contributed by atoms with E-state index in [2.05, 4.69) is 22.4 Å². The molecule has 3 rings (SSSR count). The van der Waals surface area contributed by atoms with Crippen LogP contribution in [0.5, 0.6) is 5.75 Å². The molecule has 0 saturated heterocycles. The minimum absolute atomic E-state index is 0.428. The molecule has 7 heteroatoms. The van der Waals surface area contributed by atoms with Gasteiger partial charge in [-0.25, -0.2) is 4.68 Å². The number of hydrogen-bond acceptors (Lipinski definition) is 4. The van der Waals surface area contributed by atoms with E-state index in [-0.39, 0.29) is 0 Å². The van der Waals surface area contributed by atoms with Crippen LogP contribution in [0.15, 0.2) is 78.6 Å². The number of aromatic nitrogens is 2. The van der Waals surface area contributed by atoms with Crippen LogP contribution in [0.2, 0.25) is 0 Å². The third-order valence-corrected chi connectivity index (χ3v) is 4.14. The van der Waals surface area contributed by atoms with Crippen molar-refractivity contribution in [2.45, 2.75) is 0 Å². The fourth-order valence-corrected chi connectivity index (χ4v) is 2.67. The molecule has 0 radical (unpaired) electrons. The number of para-hydroxylation sites is 1. The second-order valence-electron chi connectivity index (χ2n) is 5.81. The fourth-order valence-electron chi connectivity index (χ4n) is 2.53. The number of hydrogen-bond donors (Lipinski definition) is 2. The lowest BCUT2D eigenvalue weighted by Crippen LogP contribution is -2.31. The number of hydrazone groups is 1. The molecule has 0 bridgehead atoms. The van der Waals surface area contributed by atoms with E-state index in [9.17, 15) is 0 Å². The highest BCUT2D eigenvalue weighted by atomic mass is 32.1. The highest BCUT2D eigenvalue weighted by Crippen LogP contribution is 2.24. The Kier molecular flexibility index (Phi) is 6.54. The van der Waals surface area contributed by atoms with Gasteiger partial charge in [0.2, 0.25) is 0 Å². The highest BCUT2D eigenvalue weighted by Gasteiger charge is 2.11. The summed E-state index contributed by atoms with van der Waals surface area (Å²) in [7, 11) is 1.65. The zero-order valence-corrected chi connectivity index (χ0v) is 16.3. The Morgan fingerprint density at radius 3 is 2.64 bits per heavy atom. The van der Waals surface area contributed by atoms with Gasteiger partial charge in [-0.1, -0.05) is 24.3 Å². The summed E-state index contributed by atoms with van der Waals surface area (Å²) in [4.78, 5) is 0. The summed E-state index contributed by atoms with van der Waals surface area (Å²) < 4.78 is 7.07. The lowest BCUT2D eigenvalue weighted by molar-refractivity contribution is 0.415. The minimum Gasteiger partial charge on any atom is -0.497 e. The van der Waals surface area contributed by atoms with Crippen LogP contribution in [-0.2, 0) is 0 Å². The zero-order chi connectivity index (χ0) is 19.8. The Labute approximate surface area is 169 Å². The van der Waals surface area contributed by atoms with Crippen LogP contribution in [0.3, 0.4) is 0 Å². The highest BCUT2D eigenvalue weighted by molar-refractivity contribution is 7.80. The van der Waals surface area contributed by atoms with Crippen molar-refractivity contribution >= 4 is 23.5 Å². The van der Waals surface area contributed by atoms with Gasteiger partial charge in [0.15, 0.2) is 5.11 Å². The van der Waals surface area contributed by atoms with Gasteiger partial charge >= 0.3 is 0 Å². The van der Waals surface area contributed by atoms with Gasteiger partial charge in [-0.2, -0.15) is 10.2 Å². The molecule has 1 aromatic heterocycles. The summed E-state index contributed by atoms with van der Waals surface area (Å²) in [5.74, 6) is 0.793. The normalized spacial score (nSPS) is 10.6. The van der Waals surface area contributed by atoms with Gasteiger partial charge in [0.25, 0.3) is 0 Å². The standard InChI is InChI=1S/C21H21N5OS/c1-3-13-22-21(28)24-23-14-17-15-26(18-7-5-4-6-8-18)25-20(17)16-9-11-19(27-2)12-10-16/h3-12,14-15H,1,13H2,2H3,(H2,22,24,28). The molecule has 0 unspecified atom stereocenters. The van der Waals surface area contributed by atoms with Crippen molar-refractivity contribution in [1.29, 1.82) is 0 Å². The first-order valence-corrected chi connectivity index (χ1v) is 9.09. The predicted molar refractivity (Wildman–Crippen MR) is 117 cm³/mol. The van der Waals surface area contributed by atoms with Gasteiger partial charge in [-0.05, 0) is 48.6 Å². The predicted octanol–water partition coefficient (Wildman–Crippen LogP) is 3.53. The molecule has 2 N–H and O–H groups in total. The Balaban J connectivity index is 1.90. The van der Waals surface area contributed by atoms with Gasteiger partial charge in [0.1, 0.15) is 11.4 Å². The third-order valence-electron chi connectivity index (χ3n) is 3.90. The molecule has 3 aromatic rings. The zero-order valence-electron chi connectivity index (χ0n) is 15.5. The molecule has 0 amide bonds. The van der Waals surface area contributed by atoms with Crippen LogP contribution in [0.4, 0.5) is 0 Å². The molecule has 0 fully saturated rings. The SMILES string of the molecule is C=CCNC(=S)NN=Cc1cn(-c2ccccc2)nc1-c1ccc(OC)cc1. The molecule has 142 valence electrons. The Bertz CT molecular complexity index is 964. The first-order chi connectivity index (χ1) is 13.7. The van der Waals surface area contributed by atoms with Crippen molar-refractivity contribution in [1.82, 2.24) is 20.5 Å². The van der Waals surface area contributed by atoms with E-state index in [1.807, 2.05) is 65.5 Å². The second-order valence-corrected chi connectivity index (χ2v) is 6.22. The average molecular weight is 392 g/mol. The average Bonchev–Trinajstić information content (AvgIpc) is 3.17. The smallest absolute Gasteiger partial charge is 0.187 e. The lowest BCUT2D eigenvalue weighted by atomic mass is 10.1. The first-order valence-electron chi connectivity index (χ1n) is 8.68. The maximum absolute atomic E-state index is 5.24. The van der Waals surface area contributed by atoms with Crippen LogP contribution < -0.4 is 15.5 Å². The van der Waals surface area contributed by atoms with Gasteiger partial charge in [-0.3, -0.25) is 5.43 Å². The Morgan fingerprint density at radius 2 is 1.96 bits per heavy atom. The largest absolute Gasteiger partial charge is 0.497 e. The number of thiocarbonyl (C=S) groups is 1. The van der Waals surface area contributed by atoms with Crippen LogP contribution >= 0.6 is 12.2 Å². The van der Waals surface area contributed by atoms with Crippen molar-refractivity contribution in [2.75, 3.05) is 13.7 Å². The van der Waals surface area contributed by atoms with Crippen LogP contribution in [0, 0.1) is 0 Å². The number of ether oxygens (including phenoxy) is 1. The number of benzene rings is 2. The van der Waals surface area contributed by atoms with E-state index in [0.29, 0.717) is 11.7 Å². The van der Waals surface area contributed by atoms with Gasteiger partial charge in [0.05, 0.1) is 19.0 Å². The summed E-state index contributed by atoms with van der Waals surface area (Å²) in [6, 6.07) is 17.7. The summed E-state index contributed by atoms with van der Waals surface area (Å²) in [6.45, 7) is 4.22. The quantitative estimate of drug-likeness (QED) is 0.279. The van der Waals surface area contributed by atoms with Crippen molar-refractivity contribution in [3.05, 3.63) is 79.0 Å². The molecular weight excluding hydrogens is 370 g/mol. The molecule has 0 spiro atoms. The molecule has 0 aliphatic rings. The monoisotopic (exact) mass is 391 g/mol. The van der Waals surface area contributed by atoms with Gasteiger partial charge in [-0.15, -0.1) is 6.58 Å². The Hall–Kier alpha value is -3.45. The van der Waals surface area contributed by atoms with Crippen LogP contribution in [0.25, 0.3) is 16.9 Å². The maximum atomic E-state index is 5.24. The van der Waals surface area contributed by atoms with E-state index in [1.165, 1.54) is 0 Å². The molecule has 2 aromatic carbocycles. The number of nitrogens with zero attached hydrogens (tertiary/aromatic N) is 3. The van der Waals surface area contributed by atoms with Crippen LogP contribution in [-0.4, -0.2) is 34.8 Å². The molecule has 28 heavy (non-hydrogen) atoms. The van der Waals surface area contributed by atoms with E-state index in [1.54, 1.807) is 19.4 Å². The summed E-state index contributed by atoms with van der Waals surface area (Å²) in [5, 5.41) is 12.4. The summed E-state index contributed by atoms with van der Waals surface area (Å²) in [5.41, 5.74) is 6.39. The van der Waals surface area contributed by atoms with E-state index in [4.69, 9.17) is 22.1 Å². The number of nitrogens with one attached hydrogen (secondary N) is 2. The van der Waals surface area contributed by atoms with Gasteiger partial charge < -0.3 is 10.1 Å². The van der Waals surface area contributed by atoms with E-state index in [0.717, 1.165) is 28.3 Å². The second kappa shape index (κ2) is 9.48. The summed E-state index contributed by atoms with van der Waals surface area (Å²) in [6.07, 6.45) is 5.36.